The molecule has 1 saturated carbocycles. The highest BCUT2D eigenvalue weighted by molar-refractivity contribution is 4.94. The zero-order valence-electron chi connectivity index (χ0n) is 14.4. The third-order valence-electron chi connectivity index (χ3n) is 6.61. The van der Waals surface area contributed by atoms with Crippen LogP contribution in [0.2, 0.25) is 0 Å². The maximum atomic E-state index is 2.76. The van der Waals surface area contributed by atoms with Crippen LogP contribution in [0.3, 0.4) is 0 Å². The van der Waals surface area contributed by atoms with Crippen LogP contribution in [0.25, 0.3) is 0 Å². The number of hydrogen-bond acceptors (Lipinski definition) is 2. The van der Waals surface area contributed by atoms with E-state index in [4.69, 9.17) is 0 Å². The molecule has 2 saturated heterocycles. The van der Waals surface area contributed by atoms with Crippen LogP contribution in [-0.4, -0.2) is 49.1 Å². The second kappa shape index (κ2) is 7.00. The molecule has 2 heteroatoms. The number of rotatable bonds is 7. The molecule has 2 nitrogen and oxygen atoms in total. The Kier molecular flexibility index (Phi) is 5.27. The Hall–Kier alpha value is -0.0800. The SMILES string of the molecule is CCCC1(CC)CN(CC2CCN(CC3CCC3)CC2)C1. The molecule has 0 atom stereocenters. The third-order valence-corrected chi connectivity index (χ3v) is 6.61. The van der Waals surface area contributed by atoms with Gasteiger partial charge in [0.25, 0.3) is 0 Å². The molecule has 21 heavy (non-hydrogen) atoms. The molecular formula is C19H36N2. The van der Waals surface area contributed by atoms with Gasteiger partial charge in [-0.1, -0.05) is 26.7 Å². The summed E-state index contributed by atoms with van der Waals surface area (Å²) < 4.78 is 0. The Labute approximate surface area is 132 Å². The van der Waals surface area contributed by atoms with Crippen molar-refractivity contribution >= 4 is 0 Å². The molecule has 0 spiro atoms. The average molecular weight is 293 g/mol. The first-order chi connectivity index (χ1) is 10.2. The van der Waals surface area contributed by atoms with Crippen molar-refractivity contribution in [1.82, 2.24) is 9.80 Å². The van der Waals surface area contributed by atoms with Crippen LogP contribution in [0.1, 0.15) is 65.2 Å². The Morgan fingerprint density at radius 3 is 2.00 bits per heavy atom. The van der Waals surface area contributed by atoms with Gasteiger partial charge >= 0.3 is 0 Å². The van der Waals surface area contributed by atoms with E-state index in [1.54, 1.807) is 0 Å². The van der Waals surface area contributed by atoms with Gasteiger partial charge in [-0.15, -0.1) is 0 Å². The van der Waals surface area contributed by atoms with E-state index in [-0.39, 0.29) is 0 Å². The molecule has 1 aliphatic carbocycles. The van der Waals surface area contributed by atoms with Crippen molar-refractivity contribution < 1.29 is 0 Å². The molecule has 3 fully saturated rings. The van der Waals surface area contributed by atoms with Gasteiger partial charge in [0.05, 0.1) is 0 Å². The highest BCUT2D eigenvalue weighted by Crippen LogP contribution is 2.39. The van der Waals surface area contributed by atoms with Gasteiger partial charge in [0.2, 0.25) is 0 Å². The number of nitrogens with zero attached hydrogens (tertiary/aromatic N) is 2. The summed E-state index contributed by atoms with van der Waals surface area (Å²) in [5.74, 6) is 2.04. The largest absolute Gasteiger partial charge is 0.303 e. The predicted octanol–water partition coefficient (Wildman–Crippen LogP) is 4.01. The van der Waals surface area contributed by atoms with E-state index in [9.17, 15) is 0 Å². The van der Waals surface area contributed by atoms with Crippen molar-refractivity contribution in [1.29, 1.82) is 0 Å². The van der Waals surface area contributed by atoms with Crippen molar-refractivity contribution in [3.63, 3.8) is 0 Å². The molecule has 0 aromatic rings. The predicted molar refractivity (Wildman–Crippen MR) is 90.6 cm³/mol. The van der Waals surface area contributed by atoms with E-state index < -0.39 is 0 Å². The summed E-state index contributed by atoms with van der Waals surface area (Å²) in [5, 5.41) is 0. The Morgan fingerprint density at radius 2 is 1.48 bits per heavy atom. The van der Waals surface area contributed by atoms with E-state index in [1.807, 2.05) is 0 Å². The molecule has 2 heterocycles. The molecule has 3 rings (SSSR count). The fourth-order valence-corrected chi connectivity index (χ4v) is 4.88. The first-order valence-electron chi connectivity index (χ1n) is 9.68. The van der Waals surface area contributed by atoms with E-state index in [1.165, 1.54) is 90.6 Å². The lowest BCUT2D eigenvalue weighted by atomic mass is 9.73. The lowest BCUT2D eigenvalue weighted by molar-refractivity contribution is -0.0266. The highest BCUT2D eigenvalue weighted by atomic mass is 15.2. The standard InChI is InChI=1S/C19H36N2/c1-3-10-19(4-2)15-21(16-19)14-18-8-11-20(12-9-18)13-17-6-5-7-17/h17-18H,3-16H2,1-2H3. The maximum absolute atomic E-state index is 2.76. The fraction of sp³-hybridized carbons (Fsp3) is 1.00. The summed E-state index contributed by atoms with van der Waals surface area (Å²) in [4.78, 5) is 5.51. The number of piperidine rings is 1. The monoisotopic (exact) mass is 292 g/mol. The normalized spacial score (nSPS) is 28.3. The summed E-state index contributed by atoms with van der Waals surface area (Å²) in [6, 6.07) is 0. The zero-order chi connectivity index (χ0) is 14.7. The van der Waals surface area contributed by atoms with Crippen LogP contribution >= 0.6 is 0 Å². The minimum absolute atomic E-state index is 0.694. The van der Waals surface area contributed by atoms with Gasteiger partial charge in [-0.25, -0.2) is 0 Å². The summed E-state index contributed by atoms with van der Waals surface area (Å²) in [5.41, 5.74) is 0.694. The van der Waals surface area contributed by atoms with Crippen LogP contribution in [-0.2, 0) is 0 Å². The molecule has 0 amide bonds. The van der Waals surface area contributed by atoms with E-state index in [2.05, 4.69) is 23.6 Å². The quantitative estimate of drug-likeness (QED) is 0.699. The lowest BCUT2D eigenvalue weighted by Gasteiger charge is -2.52. The van der Waals surface area contributed by atoms with Crippen molar-refractivity contribution in [2.75, 3.05) is 39.3 Å². The summed E-state index contributed by atoms with van der Waals surface area (Å²) in [6.45, 7) is 13.1. The number of likely N-dealkylation sites (tertiary alicyclic amines) is 2. The van der Waals surface area contributed by atoms with Gasteiger partial charge in [0.1, 0.15) is 0 Å². The van der Waals surface area contributed by atoms with Gasteiger partial charge < -0.3 is 9.80 Å². The van der Waals surface area contributed by atoms with Crippen LogP contribution < -0.4 is 0 Å². The minimum atomic E-state index is 0.694. The van der Waals surface area contributed by atoms with Crippen molar-refractivity contribution in [3.8, 4) is 0 Å². The molecule has 2 aliphatic heterocycles. The molecule has 0 aromatic heterocycles. The van der Waals surface area contributed by atoms with Gasteiger partial charge in [0.15, 0.2) is 0 Å². The minimum Gasteiger partial charge on any atom is -0.303 e. The van der Waals surface area contributed by atoms with Crippen molar-refractivity contribution in [2.24, 2.45) is 17.3 Å². The molecule has 0 bridgehead atoms. The molecule has 0 unspecified atom stereocenters. The highest BCUT2D eigenvalue weighted by Gasteiger charge is 2.41. The lowest BCUT2D eigenvalue weighted by Crippen LogP contribution is -2.57. The van der Waals surface area contributed by atoms with Gasteiger partial charge in [-0.3, -0.25) is 0 Å². The third kappa shape index (κ3) is 3.82. The Balaban J connectivity index is 1.33. The molecule has 0 N–H and O–H groups in total. The van der Waals surface area contributed by atoms with Crippen LogP contribution in [0.15, 0.2) is 0 Å². The van der Waals surface area contributed by atoms with Gasteiger partial charge in [-0.2, -0.15) is 0 Å². The molecule has 122 valence electrons. The fourth-order valence-electron chi connectivity index (χ4n) is 4.88. The van der Waals surface area contributed by atoms with Gasteiger partial charge in [0, 0.05) is 26.2 Å². The van der Waals surface area contributed by atoms with E-state index in [0.29, 0.717) is 5.41 Å². The molecular weight excluding hydrogens is 256 g/mol. The van der Waals surface area contributed by atoms with Crippen LogP contribution in [0.5, 0.6) is 0 Å². The first kappa shape index (κ1) is 15.8. The van der Waals surface area contributed by atoms with E-state index >= 15 is 0 Å². The van der Waals surface area contributed by atoms with Gasteiger partial charge in [-0.05, 0) is 68.9 Å². The number of hydrogen-bond donors (Lipinski definition) is 0. The van der Waals surface area contributed by atoms with Crippen LogP contribution in [0, 0.1) is 17.3 Å². The first-order valence-corrected chi connectivity index (χ1v) is 9.68. The second-order valence-corrected chi connectivity index (χ2v) is 8.31. The average Bonchev–Trinajstić information content (AvgIpc) is 2.42. The summed E-state index contributed by atoms with van der Waals surface area (Å²) >= 11 is 0. The Morgan fingerprint density at radius 1 is 0.857 bits per heavy atom. The summed E-state index contributed by atoms with van der Waals surface area (Å²) in [6.07, 6.45) is 11.6. The van der Waals surface area contributed by atoms with Crippen molar-refractivity contribution in [3.05, 3.63) is 0 Å². The van der Waals surface area contributed by atoms with E-state index in [0.717, 1.165) is 11.8 Å². The topological polar surface area (TPSA) is 6.48 Å². The summed E-state index contributed by atoms with van der Waals surface area (Å²) in [7, 11) is 0. The van der Waals surface area contributed by atoms with Crippen LogP contribution in [0.4, 0.5) is 0 Å². The molecule has 3 aliphatic rings. The maximum Gasteiger partial charge on any atom is 0.00505 e. The second-order valence-electron chi connectivity index (χ2n) is 8.31. The van der Waals surface area contributed by atoms with Crippen molar-refractivity contribution in [2.45, 2.75) is 65.2 Å². The molecule has 0 radical (unpaired) electrons. The Bertz CT molecular complexity index is 310. The zero-order valence-corrected chi connectivity index (χ0v) is 14.4. The smallest absolute Gasteiger partial charge is 0.00505 e. The molecule has 0 aromatic carbocycles.